The molecule has 0 aromatic rings. The van der Waals surface area contributed by atoms with Crippen LogP contribution in [0.2, 0.25) is 0 Å². The van der Waals surface area contributed by atoms with E-state index in [1.165, 1.54) is 77.0 Å². The van der Waals surface area contributed by atoms with Gasteiger partial charge in [0.05, 0.1) is 34.4 Å². The van der Waals surface area contributed by atoms with Gasteiger partial charge in [0.2, 0.25) is 0 Å². The van der Waals surface area contributed by atoms with Crippen LogP contribution in [0.1, 0.15) is 168 Å². The summed E-state index contributed by atoms with van der Waals surface area (Å²) in [5.41, 5.74) is 0. The van der Waals surface area contributed by atoms with Gasteiger partial charge in [-0.15, -0.1) is 0 Å². The number of rotatable bonds is 40. The summed E-state index contributed by atoms with van der Waals surface area (Å²) in [5, 5.41) is 0. The number of carbonyl (C=O) groups is 1. The van der Waals surface area contributed by atoms with Crippen molar-refractivity contribution >= 4 is 13.8 Å². The van der Waals surface area contributed by atoms with E-state index in [-0.39, 0.29) is 32.2 Å². The highest BCUT2D eigenvalue weighted by molar-refractivity contribution is 7.45. The molecule has 0 aliphatic heterocycles. The molecule has 8 nitrogen and oxygen atoms in total. The van der Waals surface area contributed by atoms with Crippen molar-refractivity contribution in [3.05, 3.63) is 60.8 Å². The van der Waals surface area contributed by atoms with Crippen LogP contribution in [0.3, 0.4) is 0 Å². The molecule has 2 atom stereocenters. The lowest BCUT2D eigenvalue weighted by Crippen LogP contribution is -2.37. The van der Waals surface area contributed by atoms with Crippen molar-refractivity contribution in [2.75, 3.05) is 54.1 Å². The van der Waals surface area contributed by atoms with Gasteiger partial charge in [-0.1, -0.05) is 164 Å². The second kappa shape index (κ2) is 39.0. The second-order valence-corrected chi connectivity index (χ2v) is 17.1. The maximum Gasteiger partial charge on any atom is 0.306 e. The minimum absolute atomic E-state index is 0.0178. The number of likely N-dealkylation sites (N-methyl/N-ethyl adjacent to an activating group) is 1. The Kier molecular flexibility index (Phi) is 37.8. The van der Waals surface area contributed by atoms with Crippen molar-refractivity contribution in [2.45, 2.75) is 174 Å². The smallest absolute Gasteiger partial charge is 0.306 e. The molecule has 0 amide bonds. The zero-order valence-corrected chi connectivity index (χ0v) is 37.0. The number of nitrogens with zero attached hydrogens (tertiary/aromatic N) is 1. The number of phosphoric acid groups is 1. The number of unbranched alkanes of at least 4 members (excludes halogenated alkanes) is 16. The summed E-state index contributed by atoms with van der Waals surface area (Å²) in [6, 6.07) is 0. The van der Waals surface area contributed by atoms with Crippen LogP contribution in [0.15, 0.2) is 60.8 Å². The van der Waals surface area contributed by atoms with Crippen molar-refractivity contribution < 1.29 is 37.3 Å². The van der Waals surface area contributed by atoms with Gasteiger partial charge in [-0.3, -0.25) is 9.36 Å². The predicted octanol–water partition coefficient (Wildman–Crippen LogP) is 12.3. The standard InChI is InChI=1S/C46H84NO7P/c1-6-8-10-12-14-16-18-20-22-23-24-25-26-27-29-31-33-35-37-39-46(48)54-45(44-53-55(49,50)52-42-40-47(3,4)5)43-51-41-38-36-34-32-30-28-21-19-17-15-13-11-9-7-2/h8,10,14,16,20,22,24-25,27,29,45H,6-7,9,11-13,15,17-19,21,23,26,28,30-44H2,1-5H3/b10-8-,16-14-,22-20-,25-24-,29-27-/t45-/m1/s1. The Morgan fingerprint density at radius 2 is 1.05 bits per heavy atom. The summed E-state index contributed by atoms with van der Waals surface area (Å²) < 4.78 is 34.5. The molecule has 320 valence electrons. The number of carbonyl (C=O) groups excluding carboxylic acids is 1. The fourth-order valence-electron chi connectivity index (χ4n) is 5.69. The van der Waals surface area contributed by atoms with E-state index < -0.39 is 13.9 Å². The van der Waals surface area contributed by atoms with Crippen molar-refractivity contribution in [2.24, 2.45) is 0 Å². The molecule has 0 bridgehead atoms. The molecule has 0 aliphatic carbocycles. The number of hydrogen-bond donors (Lipinski definition) is 0. The highest BCUT2D eigenvalue weighted by Gasteiger charge is 2.20. The largest absolute Gasteiger partial charge is 0.756 e. The Hall–Kier alpha value is -1.80. The molecular formula is C46H84NO7P. The number of phosphoric ester groups is 1. The molecule has 55 heavy (non-hydrogen) atoms. The van der Waals surface area contributed by atoms with E-state index in [2.05, 4.69) is 74.6 Å². The third kappa shape index (κ3) is 43.2. The second-order valence-electron chi connectivity index (χ2n) is 15.7. The molecule has 0 radical (unpaired) electrons. The van der Waals surface area contributed by atoms with Crippen LogP contribution in [0, 0.1) is 0 Å². The van der Waals surface area contributed by atoms with Crippen molar-refractivity contribution in [3.63, 3.8) is 0 Å². The highest BCUT2D eigenvalue weighted by Crippen LogP contribution is 2.38. The molecule has 0 spiro atoms. The first-order valence-electron chi connectivity index (χ1n) is 22.0. The SMILES string of the molecule is CC/C=C\C/C=C\C/C=C\C/C=C\C/C=C\CCCCCC(=O)O[C@H](COCCCCCCCCCCCCCCCC)COP(=O)([O-])OCC[N+](C)(C)C. The Morgan fingerprint density at radius 3 is 1.56 bits per heavy atom. The van der Waals surface area contributed by atoms with Gasteiger partial charge in [-0.2, -0.15) is 0 Å². The molecule has 0 fully saturated rings. The fraction of sp³-hybridized carbons (Fsp3) is 0.761. The van der Waals surface area contributed by atoms with Gasteiger partial charge >= 0.3 is 5.97 Å². The number of ether oxygens (including phenoxy) is 2. The van der Waals surface area contributed by atoms with E-state index in [9.17, 15) is 14.3 Å². The van der Waals surface area contributed by atoms with Gasteiger partial charge < -0.3 is 27.9 Å². The van der Waals surface area contributed by atoms with E-state index in [0.717, 1.165) is 64.2 Å². The first kappa shape index (κ1) is 53.2. The molecule has 0 aromatic heterocycles. The topological polar surface area (TPSA) is 94.1 Å². The zero-order valence-electron chi connectivity index (χ0n) is 36.1. The Bertz CT molecular complexity index is 1060. The summed E-state index contributed by atoms with van der Waals surface area (Å²) >= 11 is 0. The van der Waals surface area contributed by atoms with Crippen LogP contribution in [0.4, 0.5) is 0 Å². The molecule has 9 heteroatoms. The minimum atomic E-state index is -4.53. The quantitative estimate of drug-likeness (QED) is 0.0200. The lowest BCUT2D eigenvalue weighted by atomic mass is 10.0. The third-order valence-corrected chi connectivity index (χ3v) is 10.0. The lowest BCUT2D eigenvalue weighted by Gasteiger charge is -2.28. The van der Waals surface area contributed by atoms with E-state index >= 15 is 0 Å². The molecule has 0 N–H and O–H groups in total. The lowest BCUT2D eigenvalue weighted by molar-refractivity contribution is -0.870. The van der Waals surface area contributed by atoms with Crippen LogP contribution in [0.25, 0.3) is 0 Å². The van der Waals surface area contributed by atoms with Crippen LogP contribution < -0.4 is 4.89 Å². The van der Waals surface area contributed by atoms with Gasteiger partial charge in [0.15, 0.2) is 0 Å². The van der Waals surface area contributed by atoms with E-state index in [0.29, 0.717) is 24.1 Å². The molecule has 0 rings (SSSR count). The van der Waals surface area contributed by atoms with Crippen LogP contribution in [-0.2, 0) is 27.9 Å². The van der Waals surface area contributed by atoms with Crippen molar-refractivity contribution in [1.29, 1.82) is 0 Å². The van der Waals surface area contributed by atoms with Crippen molar-refractivity contribution in [1.82, 2.24) is 0 Å². The summed E-state index contributed by atoms with van der Waals surface area (Å²) in [6.07, 6.45) is 48.0. The Balaban J connectivity index is 4.31. The first-order valence-corrected chi connectivity index (χ1v) is 23.5. The Labute approximate surface area is 339 Å². The fourth-order valence-corrected chi connectivity index (χ4v) is 6.42. The molecule has 0 saturated heterocycles. The number of hydrogen-bond acceptors (Lipinski definition) is 7. The van der Waals surface area contributed by atoms with Crippen LogP contribution >= 0.6 is 7.82 Å². The van der Waals surface area contributed by atoms with E-state index in [4.69, 9.17) is 18.5 Å². The first-order chi connectivity index (χ1) is 26.6. The average molecular weight is 794 g/mol. The van der Waals surface area contributed by atoms with Crippen LogP contribution in [0.5, 0.6) is 0 Å². The van der Waals surface area contributed by atoms with E-state index in [1.807, 2.05) is 21.1 Å². The number of quaternary nitrogens is 1. The third-order valence-electron chi connectivity index (χ3n) is 9.08. The number of esters is 1. The maximum atomic E-state index is 12.7. The maximum absolute atomic E-state index is 12.7. The van der Waals surface area contributed by atoms with Gasteiger partial charge in [0.25, 0.3) is 7.82 Å². The molecule has 0 heterocycles. The summed E-state index contributed by atoms with van der Waals surface area (Å²) in [7, 11) is 1.33. The monoisotopic (exact) mass is 794 g/mol. The zero-order chi connectivity index (χ0) is 40.6. The van der Waals surface area contributed by atoms with Gasteiger partial charge in [0, 0.05) is 13.0 Å². The molecule has 1 unspecified atom stereocenters. The van der Waals surface area contributed by atoms with Crippen molar-refractivity contribution in [3.8, 4) is 0 Å². The molecule has 0 saturated carbocycles. The molecule has 0 aliphatic rings. The molecular weight excluding hydrogens is 709 g/mol. The Morgan fingerprint density at radius 1 is 0.582 bits per heavy atom. The highest BCUT2D eigenvalue weighted by atomic mass is 31.2. The average Bonchev–Trinajstić information content (AvgIpc) is 3.13. The van der Waals surface area contributed by atoms with E-state index in [1.54, 1.807) is 0 Å². The normalized spacial score (nSPS) is 14.4. The summed E-state index contributed by atoms with van der Waals surface area (Å²) in [6.45, 7) is 5.25. The summed E-state index contributed by atoms with van der Waals surface area (Å²) in [5.74, 6) is -0.366. The predicted molar refractivity (Wildman–Crippen MR) is 231 cm³/mol. The summed E-state index contributed by atoms with van der Waals surface area (Å²) in [4.78, 5) is 25.0. The molecule has 0 aromatic carbocycles. The van der Waals surface area contributed by atoms with Gasteiger partial charge in [0.1, 0.15) is 19.3 Å². The minimum Gasteiger partial charge on any atom is -0.756 e. The number of allylic oxidation sites excluding steroid dienone is 10. The van der Waals surface area contributed by atoms with Gasteiger partial charge in [-0.05, 0) is 57.8 Å². The van der Waals surface area contributed by atoms with Crippen LogP contribution in [-0.4, -0.2) is 70.7 Å². The van der Waals surface area contributed by atoms with Gasteiger partial charge in [-0.25, -0.2) is 0 Å².